The second-order valence-corrected chi connectivity index (χ2v) is 4.55. The quantitative estimate of drug-likeness (QED) is 0.667. The van der Waals surface area contributed by atoms with Crippen LogP contribution >= 0.6 is 0 Å². The highest BCUT2D eigenvalue weighted by atomic mass is 16.7. The molecule has 2 aliphatic rings. The Labute approximate surface area is 89.9 Å². The SMILES string of the molecule is CC1CC(CCC2(C)OCCO2)C(=O)O1. The lowest BCUT2D eigenvalue weighted by atomic mass is 9.97. The van der Waals surface area contributed by atoms with Gasteiger partial charge in [-0.15, -0.1) is 0 Å². The van der Waals surface area contributed by atoms with Crippen LogP contribution in [0, 0.1) is 5.92 Å². The van der Waals surface area contributed by atoms with E-state index < -0.39 is 5.79 Å². The molecular formula is C11H18O4. The van der Waals surface area contributed by atoms with Gasteiger partial charge in [-0.25, -0.2) is 0 Å². The van der Waals surface area contributed by atoms with Crippen LogP contribution in [-0.2, 0) is 19.0 Å². The van der Waals surface area contributed by atoms with E-state index in [-0.39, 0.29) is 18.0 Å². The van der Waals surface area contributed by atoms with Gasteiger partial charge in [0, 0.05) is 6.42 Å². The van der Waals surface area contributed by atoms with Crippen LogP contribution in [-0.4, -0.2) is 31.1 Å². The Morgan fingerprint density at radius 2 is 2.07 bits per heavy atom. The predicted molar refractivity (Wildman–Crippen MR) is 53.2 cm³/mol. The van der Waals surface area contributed by atoms with E-state index >= 15 is 0 Å². The van der Waals surface area contributed by atoms with Crippen molar-refractivity contribution in [2.24, 2.45) is 5.92 Å². The first-order valence-corrected chi connectivity index (χ1v) is 5.57. The first-order valence-electron chi connectivity index (χ1n) is 5.57. The van der Waals surface area contributed by atoms with Crippen LogP contribution in [0.2, 0.25) is 0 Å². The third kappa shape index (κ3) is 2.49. The summed E-state index contributed by atoms with van der Waals surface area (Å²) in [4.78, 5) is 11.4. The fourth-order valence-corrected chi connectivity index (χ4v) is 2.21. The van der Waals surface area contributed by atoms with Crippen LogP contribution in [0.4, 0.5) is 0 Å². The summed E-state index contributed by atoms with van der Waals surface area (Å²) in [6, 6.07) is 0. The molecule has 0 amide bonds. The summed E-state index contributed by atoms with van der Waals surface area (Å²) in [6.45, 7) is 5.18. The maximum atomic E-state index is 11.4. The maximum absolute atomic E-state index is 11.4. The molecule has 0 aromatic carbocycles. The van der Waals surface area contributed by atoms with Crippen LogP contribution in [0.25, 0.3) is 0 Å². The normalized spacial score (nSPS) is 34.4. The van der Waals surface area contributed by atoms with Gasteiger partial charge >= 0.3 is 5.97 Å². The van der Waals surface area contributed by atoms with Gasteiger partial charge in [-0.1, -0.05) is 0 Å². The van der Waals surface area contributed by atoms with Crippen molar-refractivity contribution in [3.63, 3.8) is 0 Å². The molecule has 2 aliphatic heterocycles. The molecule has 0 aliphatic carbocycles. The Morgan fingerprint density at radius 3 is 2.60 bits per heavy atom. The fourth-order valence-electron chi connectivity index (χ4n) is 2.21. The second-order valence-electron chi connectivity index (χ2n) is 4.55. The predicted octanol–water partition coefficient (Wildman–Crippen LogP) is 1.48. The number of hydrogen-bond acceptors (Lipinski definition) is 4. The van der Waals surface area contributed by atoms with Gasteiger partial charge in [-0.2, -0.15) is 0 Å². The second kappa shape index (κ2) is 4.10. The van der Waals surface area contributed by atoms with Crippen molar-refractivity contribution in [3.8, 4) is 0 Å². The highest BCUT2D eigenvalue weighted by Gasteiger charge is 2.36. The molecule has 15 heavy (non-hydrogen) atoms. The molecule has 4 heteroatoms. The lowest BCUT2D eigenvalue weighted by molar-refractivity contribution is -0.153. The summed E-state index contributed by atoms with van der Waals surface area (Å²) < 4.78 is 16.1. The molecule has 0 N–H and O–H groups in total. The third-order valence-electron chi connectivity index (χ3n) is 3.11. The van der Waals surface area contributed by atoms with Crippen molar-refractivity contribution in [1.29, 1.82) is 0 Å². The molecule has 86 valence electrons. The van der Waals surface area contributed by atoms with E-state index in [2.05, 4.69) is 0 Å². The minimum absolute atomic E-state index is 0.0321. The number of rotatable bonds is 3. The Hall–Kier alpha value is -0.610. The standard InChI is InChI=1S/C11H18O4/c1-8-7-9(10(12)15-8)3-4-11(2)13-5-6-14-11/h8-9H,3-7H2,1-2H3. The van der Waals surface area contributed by atoms with E-state index in [4.69, 9.17) is 14.2 Å². The average molecular weight is 214 g/mol. The van der Waals surface area contributed by atoms with E-state index in [1.807, 2.05) is 13.8 Å². The van der Waals surface area contributed by atoms with Gasteiger partial charge in [0.05, 0.1) is 25.2 Å². The number of cyclic esters (lactones) is 1. The van der Waals surface area contributed by atoms with E-state index in [9.17, 15) is 4.79 Å². The van der Waals surface area contributed by atoms with Crippen molar-refractivity contribution in [2.45, 2.75) is 45.0 Å². The van der Waals surface area contributed by atoms with Gasteiger partial charge in [-0.05, 0) is 26.7 Å². The molecule has 0 spiro atoms. The molecule has 2 heterocycles. The third-order valence-corrected chi connectivity index (χ3v) is 3.11. The Morgan fingerprint density at radius 1 is 1.40 bits per heavy atom. The van der Waals surface area contributed by atoms with Crippen LogP contribution in [0.5, 0.6) is 0 Å². The maximum Gasteiger partial charge on any atom is 0.309 e. The molecule has 4 nitrogen and oxygen atoms in total. The highest BCUT2D eigenvalue weighted by Crippen LogP contribution is 2.31. The summed E-state index contributed by atoms with van der Waals surface area (Å²) in [6.07, 6.45) is 2.45. The highest BCUT2D eigenvalue weighted by molar-refractivity contribution is 5.74. The van der Waals surface area contributed by atoms with Crippen molar-refractivity contribution in [2.75, 3.05) is 13.2 Å². The fraction of sp³-hybridized carbons (Fsp3) is 0.909. The number of carbonyl (C=O) groups excluding carboxylic acids is 1. The van der Waals surface area contributed by atoms with Crippen LogP contribution in [0.3, 0.4) is 0 Å². The van der Waals surface area contributed by atoms with Gasteiger partial charge in [0.15, 0.2) is 5.79 Å². The summed E-state index contributed by atoms with van der Waals surface area (Å²) in [5, 5.41) is 0. The number of esters is 1. The molecule has 0 aromatic heterocycles. The summed E-state index contributed by atoms with van der Waals surface area (Å²) in [7, 11) is 0. The van der Waals surface area contributed by atoms with Crippen LogP contribution < -0.4 is 0 Å². The number of carbonyl (C=O) groups is 1. The minimum atomic E-state index is -0.480. The Balaban J connectivity index is 1.80. The summed E-state index contributed by atoms with van der Waals surface area (Å²) >= 11 is 0. The van der Waals surface area contributed by atoms with Gasteiger partial charge in [0.25, 0.3) is 0 Å². The van der Waals surface area contributed by atoms with Gasteiger partial charge in [0.1, 0.15) is 0 Å². The largest absolute Gasteiger partial charge is 0.462 e. The molecule has 2 unspecified atom stereocenters. The Kier molecular flexibility index (Phi) is 2.98. The molecule has 0 aromatic rings. The molecule has 2 rings (SSSR count). The molecule has 2 saturated heterocycles. The zero-order chi connectivity index (χ0) is 10.9. The molecule has 0 radical (unpaired) electrons. The molecular weight excluding hydrogens is 196 g/mol. The van der Waals surface area contributed by atoms with Crippen molar-refractivity contribution >= 4 is 5.97 Å². The van der Waals surface area contributed by atoms with Gasteiger partial charge in [0.2, 0.25) is 0 Å². The first kappa shape index (κ1) is 10.9. The topological polar surface area (TPSA) is 44.8 Å². The molecule has 0 saturated carbocycles. The van der Waals surface area contributed by atoms with Crippen LogP contribution in [0.15, 0.2) is 0 Å². The number of hydrogen-bond donors (Lipinski definition) is 0. The van der Waals surface area contributed by atoms with Crippen molar-refractivity contribution in [3.05, 3.63) is 0 Å². The lowest BCUT2D eigenvalue weighted by Gasteiger charge is -2.22. The Bertz CT molecular complexity index is 245. The van der Waals surface area contributed by atoms with E-state index in [1.54, 1.807) is 0 Å². The van der Waals surface area contributed by atoms with E-state index in [0.29, 0.717) is 13.2 Å². The summed E-state index contributed by atoms with van der Waals surface area (Å²) in [5.41, 5.74) is 0. The molecule has 2 fully saturated rings. The first-order chi connectivity index (χ1) is 7.09. The van der Waals surface area contributed by atoms with E-state index in [0.717, 1.165) is 19.3 Å². The zero-order valence-corrected chi connectivity index (χ0v) is 9.32. The van der Waals surface area contributed by atoms with Crippen molar-refractivity contribution < 1.29 is 19.0 Å². The molecule has 0 bridgehead atoms. The molecule has 2 atom stereocenters. The minimum Gasteiger partial charge on any atom is -0.462 e. The van der Waals surface area contributed by atoms with Crippen molar-refractivity contribution in [1.82, 2.24) is 0 Å². The number of ether oxygens (including phenoxy) is 3. The smallest absolute Gasteiger partial charge is 0.309 e. The lowest BCUT2D eigenvalue weighted by Crippen LogP contribution is -2.26. The van der Waals surface area contributed by atoms with Gasteiger partial charge in [-0.3, -0.25) is 4.79 Å². The average Bonchev–Trinajstić information content (AvgIpc) is 2.71. The van der Waals surface area contributed by atoms with Crippen LogP contribution in [0.1, 0.15) is 33.1 Å². The van der Waals surface area contributed by atoms with E-state index in [1.165, 1.54) is 0 Å². The monoisotopic (exact) mass is 214 g/mol. The van der Waals surface area contributed by atoms with Gasteiger partial charge < -0.3 is 14.2 Å². The zero-order valence-electron chi connectivity index (χ0n) is 9.32. The summed E-state index contributed by atoms with van der Waals surface area (Å²) in [5.74, 6) is -0.514.